The number of nitrogens with zero attached hydrogens (tertiary/aromatic N) is 8. The number of fused-ring (bicyclic) bond motifs is 6. The Balaban J connectivity index is 0.964. The van der Waals surface area contributed by atoms with Gasteiger partial charge in [-0.25, -0.2) is 18.3 Å². The number of carbonyl (C=O) groups excluding carboxylic acids is 1. The van der Waals surface area contributed by atoms with Gasteiger partial charge in [-0.05, 0) is 132 Å². The third-order valence-electron chi connectivity index (χ3n) is 17.4. The van der Waals surface area contributed by atoms with E-state index in [-0.39, 0.29) is 60.6 Å². The van der Waals surface area contributed by atoms with Crippen LogP contribution in [0.4, 0.5) is 32.6 Å². The van der Waals surface area contributed by atoms with Crippen molar-refractivity contribution in [2.75, 3.05) is 50.8 Å². The summed E-state index contributed by atoms with van der Waals surface area (Å²) in [7, 11) is -1.80. The van der Waals surface area contributed by atoms with E-state index in [0.29, 0.717) is 85.7 Å². The molecule has 1 amide bonds. The van der Waals surface area contributed by atoms with Gasteiger partial charge in [0, 0.05) is 61.6 Å². The predicted molar refractivity (Wildman–Crippen MR) is 292 cm³/mol. The van der Waals surface area contributed by atoms with Crippen LogP contribution in [0.25, 0.3) is 42.5 Å². The number of rotatable bonds is 13. The number of thiophene rings is 1. The molecule has 1 aliphatic carbocycles. The highest BCUT2D eigenvalue weighted by Crippen LogP contribution is 2.61. The Kier molecular flexibility index (Phi) is 14.8. The molecule has 4 atom stereocenters. The first-order chi connectivity index (χ1) is 35.9. The second kappa shape index (κ2) is 20.5. The summed E-state index contributed by atoms with van der Waals surface area (Å²) in [5.74, 6) is 1.62. The van der Waals surface area contributed by atoms with Gasteiger partial charge < -0.3 is 24.0 Å². The predicted octanol–water partition coefficient (Wildman–Crippen LogP) is 14.0. The van der Waals surface area contributed by atoms with Gasteiger partial charge in [0.05, 0.1) is 50.6 Å². The smallest absolute Gasteiger partial charge is 0.417 e. The summed E-state index contributed by atoms with van der Waals surface area (Å²) in [5.41, 5.74) is 3.23. The molecule has 12 nitrogen and oxygen atoms in total. The number of alkyl halides is 5. The van der Waals surface area contributed by atoms with E-state index in [2.05, 4.69) is 67.9 Å². The van der Waals surface area contributed by atoms with Crippen molar-refractivity contribution in [1.29, 1.82) is 0 Å². The fraction of sp³-hybridized carbons (Fsp3) is 0.667. The van der Waals surface area contributed by atoms with E-state index >= 15 is 22.0 Å². The summed E-state index contributed by atoms with van der Waals surface area (Å²) in [5, 5.41) is 6.10. The Morgan fingerprint density at radius 1 is 0.961 bits per heavy atom. The lowest BCUT2D eigenvalue weighted by Gasteiger charge is -2.42. The first kappa shape index (κ1) is 54.7. The molecule has 19 heteroatoms. The van der Waals surface area contributed by atoms with E-state index in [0.717, 1.165) is 64.5 Å². The highest BCUT2D eigenvalue weighted by Gasteiger charge is 2.72. The van der Waals surface area contributed by atoms with Crippen LogP contribution in [0.3, 0.4) is 0 Å². The number of likely N-dealkylation sites (tertiary alicyclic amines) is 1. The maximum Gasteiger partial charge on any atom is 0.417 e. The van der Waals surface area contributed by atoms with Crippen LogP contribution >= 0.6 is 11.3 Å². The quantitative estimate of drug-likeness (QED) is 0.0642. The first-order valence-electron chi connectivity index (χ1n) is 27.7. The van der Waals surface area contributed by atoms with Crippen molar-refractivity contribution in [2.24, 2.45) is 11.3 Å². The number of aryl methyl sites for hydroxylation is 1. The van der Waals surface area contributed by atoms with Crippen LogP contribution < -0.4 is 9.64 Å². The van der Waals surface area contributed by atoms with Gasteiger partial charge >= 0.3 is 18.3 Å². The van der Waals surface area contributed by atoms with Crippen molar-refractivity contribution in [2.45, 2.75) is 186 Å². The molecule has 5 aliphatic rings. The number of piperazine rings is 1. The number of halogens is 5. The summed E-state index contributed by atoms with van der Waals surface area (Å²) >= 11 is 1.17. The number of carbonyl (C=O) groups is 1. The molecule has 76 heavy (non-hydrogen) atoms. The summed E-state index contributed by atoms with van der Waals surface area (Å²) in [6, 6.07) is 2.79. The number of ether oxygens (including phenoxy) is 3. The number of piperidine rings is 1. The van der Waals surface area contributed by atoms with Crippen LogP contribution in [0.2, 0.25) is 16.6 Å². The number of benzene rings is 1. The number of amides is 1. The number of aromatic nitrogens is 5. The molecule has 3 unspecified atom stereocenters. The molecule has 2 bridgehead atoms. The molecule has 5 fully saturated rings. The molecule has 0 spiro atoms. The van der Waals surface area contributed by atoms with Crippen molar-refractivity contribution in [3.8, 4) is 28.7 Å². The summed E-state index contributed by atoms with van der Waals surface area (Å²) in [4.78, 5) is 34.7. The van der Waals surface area contributed by atoms with E-state index in [1.807, 2.05) is 25.7 Å². The average Bonchev–Trinajstić information content (AvgIpc) is 3.73. The van der Waals surface area contributed by atoms with E-state index < -0.39 is 43.0 Å². The SMILES string of the molecule is Cc1cc2c(cnn2C2CCCCO2)c(-c2nccc3c2sc2nc(OC[C@]4(CN5CCC(CCC#C[Si](C(C)C)(C(C)C)C(C)C)CC5)CC4(F)F)nc(N4CC5CCC(C4)N5C(=O)OC(C)(C)C)c23)c1C(F)(F)F. The molecule has 4 aromatic heterocycles. The molecule has 8 heterocycles. The lowest BCUT2D eigenvalue weighted by molar-refractivity contribution is -0.137. The van der Waals surface area contributed by atoms with E-state index in [1.165, 1.54) is 36.7 Å². The molecule has 0 radical (unpaired) electrons. The Bertz CT molecular complexity index is 3000. The average molecular weight is 1090 g/mol. The molecule has 412 valence electrons. The number of anilines is 1. The van der Waals surface area contributed by atoms with Crippen LogP contribution in [-0.4, -0.2) is 118 Å². The molecular weight excluding hydrogens is 1020 g/mol. The fourth-order valence-corrected chi connectivity index (χ4v) is 20.0. The molecular formula is C57H75F5N8O4SSi. The van der Waals surface area contributed by atoms with Crippen molar-refractivity contribution < 1.29 is 41.0 Å². The Labute approximate surface area is 448 Å². The normalized spacial score (nSPS) is 23.6. The van der Waals surface area contributed by atoms with Crippen LogP contribution in [0.1, 0.15) is 144 Å². The minimum absolute atomic E-state index is 0.0279. The van der Waals surface area contributed by atoms with Crippen LogP contribution in [0.15, 0.2) is 24.5 Å². The molecule has 0 N–H and O–H groups in total. The van der Waals surface area contributed by atoms with Crippen molar-refractivity contribution >= 4 is 62.5 Å². The lowest BCUT2D eigenvalue weighted by Crippen LogP contribution is -2.57. The largest absolute Gasteiger partial charge is 0.462 e. The molecule has 5 aromatic rings. The van der Waals surface area contributed by atoms with E-state index in [9.17, 15) is 4.79 Å². The minimum Gasteiger partial charge on any atom is -0.462 e. The molecule has 4 saturated heterocycles. The zero-order chi connectivity index (χ0) is 54.3. The van der Waals surface area contributed by atoms with Crippen molar-refractivity contribution in [3.63, 3.8) is 0 Å². The topological polar surface area (TPSA) is 111 Å². The molecule has 10 rings (SSSR count). The third kappa shape index (κ3) is 10.2. The minimum atomic E-state index is -4.74. The zero-order valence-corrected chi connectivity index (χ0v) is 47.7. The molecule has 1 aromatic carbocycles. The Hall–Kier alpha value is -4.64. The standard InChI is InChI=1S/C57H75F5N8O4SSi/c1-34(2)76(35(3)4,36(5)6)26-14-12-15-38-20-23-67(24-21-38)32-55(31-56(55,58)59)33-73-52-65-50(68-29-39-17-18-40(30-68)69(39)53(71)74-54(8,9)10)46-41-19-22-63-48(49(41)75-51(46)66-52)45-42-28-64-70(44-16-11-13-25-72-44)43(42)27-37(7)47(45)57(60,61)62/h19,22,27-28,34-36,38-40,44H,11-13,15-18,20-21,23-25,29-33H2,1-10H3/t39?,40?,44?,55-/m1/s1. The van der Waals surface area contributed by atoms with Crippen LogP contribution in [0.5, 0.6) is 6.01 Å². The maximum atomic E-state index is 15.8. The fourth-order valence-electron chi connectivity index (χ4n) is 13.5. The zero-order valence-electron chi connectivity index (χ0n) is 45.9. The molecule has 1 saturated carbocycles. The van der Waals surface area contributed by atoms with Gasteiger partial charge in [0.2, 0.25) is 0 Å². The van der Waals surface area contributed by atoms with Gasteiger partial charge in [-0.3, -0.25) is 9.88 Å². The monoisotopic (exact) mass is 1090 g/mol. The first-order valence-corrected chi connectivity index (χ1v) is 30.7. The van der Waals surface area contributed by atoms with Crippen LogP contribution in [0, 0.1) is 29.7 Å². The number of hydrogen-bond acceptors (Lipinski definition) is 11. The Morgan fingerprint density at radius 3 is 2.25 bits per heavy atom. The lowest BCUT2D eigenvalue weighted by atomic mass is 9.91. The van der Waals surface area contributed by atoms with E-state index in [1.54, 1.807) is 10.7 Å². The highest BCUT2D eigenvalue weighted by atomic mass is 32.1. The van der Waals surface area contributed by atoms with Gasteiger partial charge in [0.25, 0.3) is 5.92 Å². The number of pyridine rings is 1. The summed E-state index contributed by atoms with van der Waals surface area (Å²) < 4.78 is 98.3. The van der Waals surface area contributed by atoms with Gasteiger partial charge in [0.15, 0.2) is 6.23 Å². The van der Waals surface area contributed by atoms with Gasteiger partial charge in [-0.1, -0.05) is 41.5 Å². The van der Waals surface area contributed by atoms with E-state index in [4.69, 9.17) is 29.2 Å². The second-order valence-corrected chi connectivity index (χ2v) is 31.1. The van der Waals surface area contributed by atoms with Crippen molar-refractivity contribution in [1.82, 2.24) is 34.5 Å². The van der Waals surface area contributed by atoms with Crippen LogP contribution in [-0.2, 0) is 15.7 Å². The second-order valence-electron chi connectivity index (χ2n) is 24.5. The maximum absolute atomic E-state index is 15.8. The van der Waals surface area contributed by atoms with Crippen molar-refractivity contribution in [3.05, 3.63) is 35.7 Å². The number of hydrogen-bond donors (Lipinski definition) is 0. The Morgan fingerprint density at radius 2 is 1.64 bits per heavy atom. The summed E-state index contributed by atoms with van der Waals surface area (Å²) in [6.07, 6.45) is 4.81. The van der Waals surface area contributed by atoms with Gasteiger partial charge in [-0.2, -0.15) is 28.2 Å². The molecule has 4 aliphatic heterocycles. The third-order valence-corrected chi connectivity index (χ3v) is 24.9. The summed E-state index contributed by atoms with van der Waals surface area (Å²) in [6.45, 7) is 23.6. The van der Waals surface area contributed by atoms with Gasteiger partial charge in [0.1, 0.15) is 30.9 Å². The van der Waals surface area contributed by atoms with Gasteiger partial charge in [-0.15, -0.1) is 22.8 Å². The highest BCUT2D eigenvalue weighted by molar-refractivity contribution is 7.26.